The number of hydrogen-bond acceptors (Lipinski definition) is 3. The molecule has 28 heavy (non-hydrogen) atoms. The van der Waals surface area contributed by atoms with Crippen molar-refractivity contribution in [2.75, 3.05) is 7.11 Å². The summed E-state index contributed by atoms with van der Waals surface area (Å²) in [5.41, 5.74) is 2.42. The monoisotopic (exact) mass is 372 g/mol. The molecule has 0 unspecified atom stereocenters. The molecule has 1 heterocycles. The average molecular weight is 372 g/mol. The molecule has 3 nitrogen and oxygen atoms in total. The number of fused-ring (bicyclic) bond motifs is 1. The molecule has 0 N–H and O–H groups in total. The van der Waals surface area contributed by atoms with Crippen LogP contribution in [0.2, 0.25) is 0 Å². The third-order valence-corrected chi connectivity index (χ3v) is 4.27. The summed E-state index contributed by atoms with van der Waals surface area (Å²) < 4.78 is 32.1. The summed E-state index contributed by atoms with van der Waals surface area (Å²) in [4.78, 5) is 8.51. The molecule has 136 valence electrons. The van der Waals surface area contributed by atoms with Crippen LogP contribution < -0.4 is 4.74 Å². The summed E-state index contributed by atoms with van der Waals surface area (Å²) in [5, 5.41) is 0.854. The van der Waals surface area contributed by atoms with Gasteiger partial charge in [0.2, 0.25) is 0 Å². The number of nitrogens with zero attached hydrogens (tertiary/aromatic N) is 2. The highest BCUT2D eigenvalue weighted by Gasteiger charge is 2.06. The van der Waals surface area contributed by atoms with Gasteiger partial charge in [-0.3, -0.25) is 0 Å². The molecule has 0 saturated heterocycles. The second-order valence-electron chi connectivity index (χ2n) is 6.07. The van der Waals surface area contributed by atoms with Crippen LogP contribution in [-0.2, 0) is 0 Å². The van der Waals surface area contributed by atoms with Gasteiger partial charge in [0.25, 0.3) is 0 Å². The van der Waals surface area contributed by atoms with Crippen LogP contribution in [0, 0.1) is 23.5 Å². The largest absolute Gasteiger partial charge is 0.494 e. The van der Waals surface area contributed by atoms with Crippen LogP contribution in [0.5, 0.6) is 5.75 Å². The van der Waals surface area contributed by atoms with Crippen molar-refractivity contribution in [3.05, 3.63) is 89.8 Å². The Kier molecular flexibility index (Phi) is 4.69. The predicted molar refractivity (Wildman–Crippen MR) is 104 cm³/mol. The van der Waals surface area contributed by atoms with Gasteiger partial charge in [0.15, 0.2) is 23.2 Å². The van der Waals surface area contributed by atoms with E-state index < -0.39 is 11.6 Å². The third-order valence-electron chi connectivity index (χ3n) is 4.27. The maximum absolute atomic E-state index is 13.8. The van der Waals surface area contributed by atoms with Gasteiger partial charge in [-0.05, 0) is 47.9 Å². The molecular weight excluding hydrogens is 358 g/mol. The minimum absolute atomic E-state index is 0.245. The summed E-state index contributed by atoms with van der Waals surface area (Å²) in [6.07, 6.45) is 3.23. The molecule has 0 spiro atoms. The van der Waals surface area contributed by atoms with E-state index >= 15 is 0 Å². The minimum atomic E-state index is -0.854. The van der Waals surface area contributed by atoms with Crippen molar-refractivity contribution >= 4 is 10.8 Å². The van der Waals surface area contributed by atoms with E-state index in [9.17, 15) is 8.78 Å². The Morgan fingerprint density at radius 2 is 1.50 bits per heavy atom. The van der Waals surface area contributed by atoms with Crippen molar-refractivity contribution < 1.29 is 13.5 Å². The van der Waals surface area contributed by atoms with Crippen molar-refractivity contribution in [1.82, 2.24) is 9.97 Å². The highest BCUT2D eigenvalue weighted by Crippen LogP contribution is 2.21. The molecule has 0 aliphatic carbocycles. The van der Waals surface area contributed by atoms with Gasteiger partial charge in [-0.2, -0.15) is 0 Å². The second-order valence-corrected chi connectivity index (χ2v) is 6.07. The highest BCUT2D eigenvalue weighted by atomic mass is 19.2. The van der Waals surface area contributed by atoms with E-state index in [2.05, 4.69) is 21.8 Å². The van der Waals surface area contributed by atoms with Crippen LogP contribution in [0.1, 0.15) is 11.1 Å². The number of benzene rings is 3. The van der Waals surface area contributed by atoms with E-state index in [-0.39, 0.29) is 5.39 Å². The van der Waals surface area contributed by atoms with Gasteiger partial charge in [0, 0.05) is 22.1 Å². The zero-order chi connectivity index (χ0) is 19.5. The van der Waals surface area contributed by atoms with Crippen LogP contribution in [0.4, 0.5) is 8.78 Å². The number of halogens is 2. The number of methoxy groups -OCH3 is 1. The van der Waals surface area contributed by atoms with E-state index in [0.717, 1.165) is 22.8 Å². The van der Waals surface area contributed by atoms with Gasteiger partial charge in [-0.25, -0.2) is 18.7 Å². The zero-order valence-corrected chi connectivity index (χ0v) is 14.9. The van der Waals surface area contributed by atoms with Crippen LogP contribution in [0.3, 0.4) is 0 Å². The SMILES string of the molecule is COc1cnc(-c2ccc(C#Cc3ccc4c(F)c(F)ccc4c3)cc2)nc1. The van der Waals surface area contributed by atoms with Crippen LogP contribution in [0.15, 0.2) is 67.0 Å². The summed E-state index contributed by atoms with van der Waals surface area (Å²) in [5.74, 6) is 5.63. The number of rotatable bonds is 2. The van der Waals surface area contributed by atoms with Crippen molar-refractivity contribution in [2.45, 2.75) is 0 Å². The molecule has 0 fully saturated rings. The number of aromatic nitrogens is 2. The Morgan fingerprint density at radius 3 is 2.21 bits per heavy atom. The molecule has 0 radical (unpaired) electrons. The molecule has 0 saturated carbocycles. The first-order valence-electron chi connectivity index (χ1n) is 8.50. The molecule has 0 amide bonds. The summed E-state index contributed by atoms with van der Waals surface area (Å²) in [6, 6.07) is 15.2. The van der Waals surface area contributed by atoms with E-state index in [0.29, 0.717) is 17.0 Å². The molecule has 0 bridgehead atoms. The lowest BCUT2D eigenvalue weighted by Crippen LogP contribution is -1.91. The Morgan fingerprint density at radius 1 is 0.821 bits per heavy atom. The minimum Gasteiger partial charge on any atom is -0.494 e. The molecule has 5 heteroatoms. The lowest BCUT2D eigenvalue weighted by Gasteiger charge is -2.02. The molecular formula is C23H14F2N2O. The first kappa shape index (κ1) is 17.6. The van der Waals surface area contributed by atoms with E-state index in [1.165, 1.54) is 0 Å². The van der Waals surface area contributed by atoms with Gasteiger partial charge in [0.1, 0.15) is 0 Å². The van der Waals surface area contributed by atoms with Crippen molar-refractivity contribution in [2.24, 2.45) is 0 Å². The normalized spacial score (nSPS) is 10.4. The van der Waals surface area contributed by atoms with Gasteiger partial charge in [0.05, 0.1) is 19.5 Å². The predicted octanol–water partition coefficient (Wildman–Crippen LogP) is 4.98. The maximum Gasteiger partial charge on any atom is 0.166 e. The second kappa shape index (κ2) is 7.45. The molecule has 3 aromatic carbocycles. The lowest BCUT2D eigenvalue weighted by atomic mass is 10.1. The fourth-order valence-electron chi connectivity index (χ4n) is 2.76. The highest BCUT2D eigenvalue weighted by molar-refractivity contribution is 5.84. The quantitative estimate of drug-likeness (QED) is 0.465. The Hall–Kier alpha value is -3.78. The van der Waals surface area contributed by atoms with E-state index in [1.54, 1.807) is 43.8 Å². The lowest BCUT2D eigenvalue weighted by molar-refractivity contribution is 0.411. The topological polar surface area (TPSA) is 35.0 Å². The fraction of sp³-hybridized carbons (Fsp3) is 0.0435. The van der Waals surface area contributed by atoms with E-state index in [4.69, 9.17) is 4.74 Å². The Labute approximate surface area is 160 Å². The molecule has 1 aromatic heterocycles. The number of hydrogen-bond donors (Lipinski definition) is 0. The van der Waals surface area contributed by atoms with Crippen LogP contribution >= 0.6 is 0 Å². The molecule has 4 aromatic rings. The molecule has 0 aliphatic rings. The number of ether oxygens (including phenoxy) is 1. The third kappa shape index (κ3) is 3.53. The molecule has 0 aliphatic heterocycles. The first-order chi connectivity index (χ1) is 13.6. The molecule has 0 atom stereocenters. The van der Waals surface area contributed by atoms with Crippen molar-refractivity contribution in [3.8, 4) is 29.0 Å². The molecule has 4 rings (SSSR count). The average Bonchev–Trinajstić information content (AvgIpc) is 2.75. The van der Waals surface area contributed by atoms with Gasteiger partial charge < -0.3 is 4.74 Å². The van der Waals surface area contributed by atoms with Crippen LogP contribution in [-0.4, -0.2) is 17.1 Å². The Balaban J connectivity index is 1.57. The van der Waals surface area contributed by atoms with Crippen molar-refractivity contribution in [3.63, 3.8) is 0 Å². The van der Waals surface area contributed by atoms with E-state index in [1.807, 2.05) is 24.3 Å². The summed E-state index contributed by atoms with van der Waals surface area (Å²) in [6.45, 7) is 0. The van der Waals surface area contributed by atoms with Crippen LogP contribution in [0.25, 0.3) is 22.2 Å². The zero-order valence-electron chi connectivity index (χ0n) is 14.9. The summed E-state index contributed by atoms with van der Waals surface area (Å²) >= 11 is 0. The Bertz CT molecular complexity index is 1210. The first-order valence-corrected chi connectivity index (χ1v) is 8.50. The van der Waals surface area contributed by atoms with Crippen molar-refractivity contribution in [1.29, 1.82) is 0 Å². The summed E-state index contributed by atoms with van der Waals surface area (Å²) in [7, 11) is 1.57. The maximum atomic E-state index is 13.8. The van der Waals surface area contributed by atoms with Gasteiger partial charge in [-0.1, -0.05) is 24.0 Å². The fourth-order valence-corrected chi connectivity index (χ4v) is 2.76. The van der Waals surface area contributed by atoms with Gasteiger partial charge >= 0.3 is 0 Å². The standard InChI is InChI=1S/C23H14F2N2O/c1-28-19-13-26-23(27-14-19)17-7-4-15(5-8-17)2-3-16-6-10-20-18(12-16)9-11-21(24)22(20)25/h4-14H,1H3. The van der Waals surface area contributed by atoms with Gasteiger partial charge in [-0.15, -0.1) is 0 Å². The smallest absolute Gasteiger partial charge is 0.166 e.